The summed E-state index contributed by atoms with van der Waals surface area (Å²) in [6.07, 6.45) is 4.19. The average molecular weight is 318 g/mol. The number of rotatable bonds is 5. The maximum absolute atomic E-state index is 4.24. The van der Waals surface area contributed by atoms with Gasteiger partial charge in [-0.1, -0.05) is 59.3 Å². The number of aromatic nitrogens is 3. The number of hydrogen-bond acceptors (Lipinski definition) is 3. The zero-order chi connectivity index (χ0) is 16.4. The van der Waals surface area contributed by atoms with E-state index >= 15 is 0 Å². The number of fused-ring (bicyclic) bond motifs is 1. The number of nitrogens with zero attached hydrogens (tertiary/aromatic N) is 3. The second kappa shape index (κ2) is 6.57. The van der Waals surface area contributed by atoms with E-state index in [9.17, 15) is 0 Å². The standard InChI is InChI=1S/C20H22N4/c1-15-7-8-17-9-10-20(19(17)11-15)21-12-18-13-22-23-24(18)14-16-5-3-2-4-6-16/h2-8,11,13,20-21H,9-10,12,14H2,1H3. The number of hydrogen-bond donors (Lipinski definition) is 1. The Balaban J connectivity index is 1.45. The van der Waals surface area contributed by atoms with Gasteiger partial charge >= 0.3 is 0 Å². The molecule has 1 aliphatic rings. The highest BCUT2D eigenvalue weighted by Crippen LogP contribution is 2.31. The van der Waals surface area contributed by atoms with Gasteiger partial charge in [-0.15, -0.1) is 5.10 Å². The first-order valence-electron chi connectivity index (χ1n) is 8.54. The molecule has 0 aliphatic heterocycles. The lowest BCUT2D eigenvalue weighted by molar-refractivity contribution is 0.504. The Morgan fingerprint density at radius 2 is 2.04 bits per heavy atom. The summed E-state index contributed by atoms with van der Waals surface area (Å²) in [6, 6.07) is 17.6. The Bertz CT molecular complexity index is 823. The van der Waals surface area contributed by atoms with Gasteiger partial charge in [-0.3, -0.25) is 0 Å². The van der Waals surface area contributed by atoms with Crippen molar-refractivity contribution in [2.75, 3.05) is 0 Å². The van der Waals surface area contributed by atoms with Crippen LogP contribution in [0.1, 0.15) is 40.4 Å². The summed E-state index contributed by atoms with van der Waals surface area (Å²) < 4.78 is 1.98. The second-order valence-electron chi connectivity index (χ2n) is 6.54. The van der Waals surface area contributed by atoms with Crippen molar-refractivity contribution >= 4 is 0 Å². The molecular formula is C20H22N4. The van der Waals surface area contributed by atoms with Crippen molar-refractivity contribution in [3.05, 3.63) is 82.7 Å². The van der Waals surface area contributed by atoms with E-state index in [0.717, 1.165) is 25.2 Å². The third kappa shape index (κ3) is 3.10. The molecule has 1 N–H and O–H groups in total. The normalized spacial score (nSPS) is 16.3. The van der Waals surface area contributed by atoms with Crippen molar-refractivity contribution in [2.45, 2.75) is 38.9 Å². The second-order valence-corrected chi connectivity index (χ2v) is 6.54. The predicted octanol–water partition coefficient (Wildman–Crippen LogP) is 3.41. The molecule has 122 valence electrons. The van der Waals surface area contributed by atoms with Crippen LogP contribution in [0, 0.1) is 6.92 Å². The SMILES string of the molecule is Cc1ccc2c(c1)C(NCc1cnnn1Cc1ccccc1)CC2. The van der Waals surface area contributed by atoms with Crippen molar-refractivity contribution in [3.63, 3.8) is 0 Å². The highest BCUT2D eigenvalue weighted by molar-refractivity contribution is 5.37. The van der Waals surface area contributed by atoms with Crippen LogP contribution in [0.3, 0.4) is 0 Å². The lowest BCUT2D eigenvalue weighted by Crippen LogP contribution is -2.21. The molecular weight excluding hydrogens is 296 g/mol. The molecule has 1 atom stereocenters. The topological polar surface area (TPSA) is 42.7 Å². The van der Waals surface area contributed by atoms with Crippen LogP contribution in [-0.2, 0) is 19.5 Å². The summed E-state index contributed by atoms with van der Waals surface area (Å²) >= 11 is 0. The van der Waals surface area contributed by atoms with Gasteiger partial charge in [0.1, 0.15) is 0 Å². The van der Waals surface area contributed by atoms with Crippen LogP contribution < -0.4 is 5.32 Å². The molecule has 3 aromatic rings. The molecule has 2 aromatic carbocycles. The van der Waals surface area contributed by atoms with Crippen LogP contribution in [0.15, 0.2) is 54.7 Å². The smallest absolute Gasteiger partial charge is 0.0738 e. The minimum absolute atomic E-state index is 0.431. The molecule has 4 heteroatoms. The van der Waals surface area contributed by atoms with Gasteiger partial charge in [0.2, 0.25) is 0 Å². The number of nitrogens with one attached hydrogen (secondary N) is 1. The Labute approximate surface area is 142 Å². The largest absolute Gasteiger partial charge is 0.304 e. The van der Waals surface area contributed by atoms with Crippen molar-refractivity contribution < 1.29 is 0 Å². The Kier molecular flexibility index (Phi) is 4.13. The van der Waals surface area contributed by atoms with E-state index in [-0.39, 0.29) is 0 Å². The summed E-state index contributed by atoms with van der Waals surface area (Å²) in [7, 11) is 0. The fourth-order valence-corrected chi connectivity index (χ4v) is 3.47. The molecule has 1 heterocycles. The van der Waals surface area contributed by atoms with Crippen LogP contribution in [-0.4, -0.2) is 15.0 Å². The first-order chi connectivity index (χ1) is 11.8. The third-order valence-electron chi connectivity index (χ3n) is 4.78. The molecule has 4 nitrogen and oxygen atoms in total. The van der Waals surface area contributed by atoms with E-state index in [4.69, 9.17) is 0 Å². The lowest BCUT2D eigenvalue weighted by atomic mass is 10.1. The van der Waals surface area contributed by atoms with Gasteiger partial charge in [-0.25, -0.2) is 4.68 Å². The van der Waals surface area contributed by atoms with E-state index < -0.39 is 0 Å². The predicted molar refractivity (Wildman–Crippen MR) is 94.6 cm³/mol. The van der Waals surface area contributed by atoms with Gasteiger partial charge in [0.05, 0.1) is 18.4 Å². The van der Waals surface area contributed by atoms with Crippen molar-refractivity contribution in [1.82, 2.24) is 20.3 Å². The molecule has 0 fully saturated rings. The highest BCUT2D eigenvalue weighted by Gasteiger charge is 2.22. The van der Waals surface area contributed by atoms with Crippen LogP contribution in [0.2, 0.25) is 0 Å². The van der Waals surface area contributed by atoms with Gasteiger partial charge in [0, 0.05) is 12.6 Å². The average Bonchev–Trinajstić information content (AvgIpc) is 3.20. The van der Waals surface area contributed by atoms with E-state index in [1.807, 2.05) is 16.9 Å². The molecule has 1 unspecified atom stereocenters. The summed E-state index contributed by atoms with van der Waals surface area (Å²) in [5.41, 5.74) is 6.63. The van der Waals surface area contributed by atoms with Gasteiger partial charge in [-0.2, -0.15) is 0 Å². The minimum atomic E-state index is 0.431. The van der Waals surface area contributed by atoms with E-state index in [2.05, 4.69) is 65.0 Å². The Morgan fingerprint density at radius 3 is 2.92 bits per heavy atom. The molecule has 0 bridgehead atoms. The van der Waals surface area contributed by atoms with Gasteiger partial charge in [0.25, 0.3) is 0 Å². The van der Waals surface area contributed by atoms with Gasteiger partial charge in [-0.05, 0) is 36.5 Å². The van der Waals surface area contributed by atoms with Crippen LogP contribution in [0.5, 0.6) is 0 Å². The van der Waals surface area contributed by atoms with Crippen LogP contribution in [0.25, 0.3) is 0 Å². The monoisotopic (exact) mass is 318 g/mol. The maximum Gasteiger partial charge on any atom is 0.0738 e. The lowest BCUT2D eigenvalue weighted by Gasteiger charge is -2.15. The van der Waals surface area contributed by atoms with Crippen molar-refractivity contribution in [1.29, 1.82) is 0 Å². The summed E-state index contributed by atoms with van der Waals surface area (Å²) in [6.45, 7) is 3.71. The zero-order valence-electron chi connectivity index (χ0n) is 13.9. The van der Waals surface area contributed by atoms with Crippen molar-refractivity contribution in [3.8, 4) is 0 Å². The number of benzene rings is 2. The number of aryl methyl sites for hydroxylation is 2. The molecule has 1 aliphatic carbocycles. The molecule has 0 amide bonds. The molecule has 0 saturated heterocycles. The van der Waals surface area contributed by atoms with E-state index in [1.165, 1.54) is 28.7 Å². The van der Waals surface area contributed by atoms with Crippen molar-refractivity contribution in [2.24, 2.45) is 0 Å². The molecule has 24 heavy (non-hydrogen) atoms. The first kappa shape index (κ1) is 15.1. The van der Waals surface area contributed by atoms with Gasteiger partial charge < -0.3 is 5.32 Å². The summed E-state index contributed by atoms with van der Waals surface area (Å²) in [4.78, 5) is 0. The van der Waals surface area contributed by atoms with E-state index in [0.29, 0.717) is 6.04 Å². The fourth-order valence-electron chi connectivity index (χ4n) is 3.47. The minimum Gasteiger partial charge on any atom is -0.304 e. The van der Waals surface area contributed by atoms with Gasteiger partial charge in [0.15, 0.2) is 0 Å². The van der Waals surface area contributed by atoms with E-state index in [1.54, 1.807) is 0 Å². The van der Waals surface area contributed by atoms with Crippen LogP contribution in [0.4, 0.5) is 0 Å². The summed E-state index contributed by atoms with van der Waals surface area (Å²) in [5, 5.41) is 12.0. The summed E-state index contributed by atoms with van der Waals surface area (Å²) in [5.74, 6) is 0. The maximum atomic E-state index is 4.24. The molecule has 0 saturated carbocycles. The third-order valence-corrected chi connectivity index (χ3v) is 4.78. The highest BCUT2D eigenvalue weighted by atomic mass is 15.4. The molecule has 0 spiro atoms. The molecule has 0 radical (unpaired) electrons. The first-order valence-corrected chi connectivity index (χ1v) is 8.54. The quantitative estimate of drug-likeness (QED) is 0.784. The zero-order valence-corrected chi connectivity index (χ0v) is 13.9. The molecule has 4 rings (SSSR count). The molecule has 1 aromatic heterocycles. The Morgan fingerprint density at radius 1 is 1.17 bits per heavy atom. The Hall–Kier alpha value is -2.46. The van der Waals surface area contributed by atoms with Crippen LogP contribution >= 0.6 is 0 Å². The fraction of sp³-hybridized carbons (Fsp3) is 0.300.